The average molecular weight is 207 g/mol. The lowest BCUT2D eigenvalue weighted by Gasteiger charge is -2.10. The van der Waals surface area contributed by atoms with Gasteiger partial charge in [0.25, 0.3) is 0 Å². The summed E-state index contributed by atoms with van der Waals surface area (Å²) in [5.41, 5.74) is 0. The normalized spacial score (nSPS) is 16.4. The first-order valence-corrected chi connectivity index (χ1v) is 4.95. The Morgan fingerprint density at radius 1 is 1.50 bits per heavy atom. The number of ether oxygens (including phenoxy) is 1. The maximum Gasteiger partial charge on any atom is 0.142 e. The van der Waals surface area contributed by atoms with Gasteiger partial charge in [-0.3, -0.25) is 0 Å². The summed E-state index contributed by atoms with van der Waals surface area (Å²) in [7, 11) is 0. The molecule has 0 bridgehead atoms. The SMILES string of the molecule is C1COCCN1.Clc1ccsn1. The Bertz CT molecular complexity index is 178. The monoisotopic (exact) mass is 206 g/mol. The van der Waals surface area contributed by atoms with Crippen LogP contribution in [0.15, 0.2) is 11.4 Å². The third-order valence-electron chi connectivity index (χ3n) is 1.25. The van der Waals surface area contributed by atoms with E-state index in [1.54, 1.807) is 6.07 Å². The molecule has 1 aromatic rings. The molecule has 0 saturated carbocycles. The quantitative estimate of drug-likeness (QED) is 0.697. The maximum absolute atomic E-state index is 5.35. The van der Waals surface area contributed by atoms with Gasteiger partial charge in [0, 0.05) is 18.5 Å². The Balaban J connectivity index is 0.000000120. The van der Waals surface area contributed by atoms with Crippen molar-refractivity contribution in [1.82, 2.24) is 9.69 Å². The number of nitrogens with one attached hydrogen (secondary N) is 1. The highest BCUT2D eigenvalue weighted by molar-refractivity contribution is 7.03. The van der Waals surface area contributed by atoms with Crippen LogP contribution in [0.4, 0.5) is 0 Å². The summed E-state index contributed by atoms with van der Waals surface area (Å²) in [4.78, 5) is 0. The largest absolute Gasteiger partial charge is 0.379 e. The van der Waals surface area contributed by atoms with Crippen LogP contribution in [0.2, 0.25) is 5.15 Å². The Morgan fingerprint density at radius 3 is 2.42 bits per heavy atom. The molecule has 1 aromatic heterocycles. The zero-order valence-electron chi connectivity index (χ0n) is 6.62. The Kier molecular flexibility index (Phi) is 5.27. The van der Waals surface area contributed by atoms with Crippen LogP contribution >= 0.6 is 23.1 Å². The standard InChI is InChI=1S/C4H9NO.C3H2ClNS/c1-3-6-4-2-5-1;4-3-1-2-6-5-3/h5H,1-4H2;1-2H. The molecule has 1 N–H and O–H groups in total. The highest BCUT2D eigenvalue weighted by atomic mass is 35.5. The van der Waals surface area contributed by atoms with Gasteiger partial charge in [0.15, 0.2) is 0 Å². The van der Waals surface area contributed by atoms with Crippen molar-refractivity contribution in [2.75, 3.05) is 26.3 Å². The van der Waals surface area contributed by atoms with E-state index in [4.69, 9.17) is 16.3 Å². The molecule has 1 aliphatic rings. The summed E-state index contributed by atoms with van der Waals surface area (Å²) in [6, 6.07) is 1.76. The predicted molar refractivity (Wildman–Crippen MR) is 50.8 cm³/mol. The average Bonchev–Trinajstić information content (AvgIpc) is 2.60. The van der Waals surface area contributed by atoms with Crippen molar-refractivity contribution in [3.05, 3.63) is 16.6 Å². The van der Waals surface area contributed by atoms with E-state index in [2.05, 4.69) is 9.69 Å². The molecule has 1 aliphatic heterocycles. The van der Waals surface area contributed by atoms with Crippen molar-refractivity contribution >= 4 is 23.1 Å². The van der Waals surface area contributed by atoms with Crippen molar-refractivity contribution in [2.24, 2.45) is 0 Å². The number of halogens is 1. The molecule has 1 fully saturated rings. The van der Waals surface area contributed by atoms with Gasteiger partial charge in [-0.15, -0.1) is 0 Å². The maximum atomic E-state index is 5.35. The molecule has 68 valence electrons. The van der Waals surface area contributed by atoms with Crippen LogP contribution in [0, 0.1) is 0 Å². The summed E-state index contributed by atoms with van der Waals surface area (Å²) in [6.07, 6.45) is 0. The lowest BCUT2D eigenvalue weighted by Crippen LogP contribution is -2.30. The van der Waals surface area contributed by atoms with Crippen molar-refractivity contribution < 1.29 is 4.74 Å². The van der Waals surface area contributed by atoms with E-state index < -0.39 is 0 Å². The van der Waals surface area contributed by atoms with E-state index >= 15 is 0 Å². The Morgan fingerprint density at radius 2 is 2.25 bits per heavy atom. The molecule has 0 aliphatic carbocycles. The van der Waals surface area contributed by atoms with Gasteiger partial charge in [-0.1, -0.05) is 11.6 Å². The second-order valence-electron chi connectivity index (χ2n) is 2.18. The second kappa shape index (κ2) is 6.37. The molecular formula is C7H11ClN2OS. The number of morpholine rings is 1. The summed E-state index contributed by atoms with van der Waals surface area (Å²) in [5.74, 6) is 0. The van der Waals surface area contributed by atoms with Gasteiger partial charge < -0.3 is 10.1 Å². The van der Waals surface area contributed by atoms with Crippen LogP contribution in [-0.2, 0) is 4.74 Å². The van der Waals surface area contributed by atoms with Crippen LogP contribution in [0.3, 0.4) is 0 Å². The van der Waals surface area contributed by atoms with E-state index in [0.29, 0.717) is 5.15 Å². The smallest absolute Gasteiger partial charge is 0.142 e. The van der Waals surface area contributed by atoms with Crippen molar-refractivity contribution in [3.8, 4) is 0 Å². The molecule has 0 aromatic carbocycles. The molecular weight excluding hydrogens is 196 g/mol. The van der Waals surface area contributed by atoms with Gasteiger partial charge in [-0.2, -0.15) is 4.37 Å². The number of nitrogens with zero attached hydrogens (tertiary/aromatic N) is 1. The van der Waals surface area contributed by atoms with Crippen LogP contribution in [0.5, 0.6) is 0 Å². The lowest BCUT2D eigenvalue weighted by molar-refractivity contribution is 0.109. The zero-order chi connectivity index (χ0) is 8.65. The first-order valence-electron chi connectivity index (χ1n) is 3.74. The fourth-order valence-electron chi connectivity index (χ4n) is 0.714. The summed E-state index contributed by atoms with van der Waals surface area (Å²) >= 11 is 6.71. The topological polar surface area (TPSA) is 34.1 Å². The number of hydrogen-bond acceptors (Lipinski definition) is 4. The number of rotatable bonds is 0. The molecule has 1 saturated heterocycles. The molecule has 5 heteroatoms. The lowest BCUT2D eigenvalue weighted by atomic mass is 10.5. The van der Waals surface area contributed by atoms with E-state index in [9.17, 15) is 0 Å². The minimum Gasteiger partial charge on any atom is -0.379 e. The first-order chi connectivity index (χ1) is 5.89. The van der Waals surface area contributed by atoms with Crippen LogP contribution in [-0.4, -0.2) is 30.7 Å². The second-order valence-corrected chi connectivity index (χ2v) is 3.24. The summed E-state index contributed by atoms with van der Waals surface area (Å²) in [6.45, 7) is 3.83. The fourth-order valence-corrected chi connectivity index (χ4v) is 1.38. The number of aromatic nitrogens is 1. The van der Waals surface area contributed by atoms with Gasteiger partial charge in [0.1, 0.15) is 5.15 Å². The third-order valence-corrected chi connectivity index (χ3v) is 2.12. The fraction of sp³-hybridized carbons (Fsp3) is 0.571. The molecule has 3 nitrogen and oxygen atoms in total. The molecule has 0 unspecified atom stereocenters. The van der Waals surface area contributed by atoms with E-state index in [1.807, 2.05) is 5.38 Å². The molecule has 0 atom stereocenters. The van der Waals surface area contributed by atoms with Crippen LogP contribution < -0.4 is 5.32 Å². The van der Waals surface area contributed by atoms with Crippen molar-refractivity contribution in [2.45, 2.75) is 0 Å². The van der Waals surface area contributed by atoms with Gasteiger partial charge in [0.05, 0.1) is 13.2 Å². The summed E-state index contributed by atoms with van der Waals surface area (Å²) in [5, 5.41) is 5.58. The van der Waals surface area contributed by atoms with Crippen LogP contribution in [0.25, 0.3) is 0 Å². The zero-order valence-corrected chi connectivity index (χ0v) is 8.20. The minimum absolute atomic E-state index is 0.583. The summed E-state index contributed by atoms with van der Waals surface area (Å²) < 4.78 is 8.73. The van der Waals surface area contributed by atoms with Gasteiger partial charge in [0.2, 0.25) is 0 Å². The highest BCUT2D eigenvalue weighted by Crippen LogP contribution is 2.04. The molecule has 2 rings (SSSR count). The van der Waals surface area contributed by atoms with Gasteiger partial charge >= 0.3 is 0 Å². The molecule has 0 spiro atoms. The molecule has 0 radical (unpaired) electrons. The molecule has 0 amide bonds. The van der Waals surface area contributed by atoms with E-state index in [-0.39, 0.29) is 0 Å². The Hall–Kier alpha value is -0.160. The number of hydrogen-bond donors (Lipinski definition) is 1. The first kappa shape index (κ1) is 9.92. The van der Waals surface area contributed by atoms with Crippen molar-refractivity contribution in [3.63, 3.8) is 0 Å². The molecule has 2 heterocycles. The van der Waals surface area contributed by atoms with Gasteiger partial charge in [-0.25, -0.2) is 0 Å². The van der Waals surface area contributed by atoms with E-state index in [0.717, 1.165) is 26.3 Å². The highest BCUT2D eigenvalue weighted by Gasteiger charge is 1.92. The third kappa shape index (κ3) is 4.66. The van der Waals surface area contributed by atoms with Gasteiger partial charge in [-0.05, 0) is 17.6 Å². The van der Waals surface area contributed by atoms with E-state index in [1.165, 1.54) is 11.5 Å². The minimum atomic E-state index is 0.583. The Labute approximate surface area is 80.9 Å². The predicted octanol–water partition coefficient (Wildman–Crippen LogP) is 1.40. The molecule has 12 heavy (non-hydrogen) atoms. The van der Waals surface area contributed by atoms with Crippen molar-refractivity contribution in [1.29, 1.82) is 0 Å². The van der Waals surface area contributed by atoms with Crippen LogP contribution in [0.1, 0.15) is 0 Å².